The minimum atomic E-state index is 0.00265. The van der Waals surface area contributed by atoms with Crippen LogP contribution in [0.4, 0.5) is 0 Å². The Morgan fingerprint density at radius 1 is 1.40 bits per heavy atom. The van der Waals surface area contributed by atoms with Crippen molar-refractivity contribution in [2.45, 2.75) is 6.42 Å². The van der Waals surface area contributed by atoms with Crippen molar-refractivity contribution in [3.05, 3.63) is 33.3 Å². The fourth-order valence-corrected chi connectivity index (χ4v) is 2.59. The molecule has 0 saturated carbocycles. The first-order valence-corrected chi connectivity index (χ1v) is 7.56. The number of halogens is 2. The lowest BCUT2D eigenvalue weighted by atomic mass is 10.1. The first-order valence-electron chi connectivity index (χ1n) is 6.39. The maximum absolute atomic E-state index is 12.1. The summed E-state index contributed by atoms with van der Waals surface area (Å²) >= 11 is 9.37. The maximum Gasteiger partial charge on any atom is 0.165 e. The van der Waals surface area contributed by atoms with Crippen molar-refractivity contribution in [1.82, 2.24) is 4.90 Å². The summed E-state index contributed by atoms with van der Waals surface area (Å²) in [5, 5.41) is 9.45. The number of aliphatic hydroxyl groups excluding tert-OH is 1. The highest BCUT2D eigenvalue weighted by molar-refractivity contribution is 9.10. The molecule has 1 rings (SSSR count). The molecule has 0 aliphatic rings. The molecule has 20 heavy (non-hydrogen) atoms. The molecule has 0 bridgehead atoms. The highest BCUT2D eigenvalue weighted by Gasteiger charge is 2.13. The van der Waals surface area contributed by atoms with Crippen molar-refractivity contribution in [1.29, 1.82) is 0 Å². The summed E-state index contributed by atoms with van der Waals surface area (Å²) in [6.45, 7) is 2.45. The zero-order chi connectivity index (χ0) is 15.0. The molecule has 0 aliphatic carbocycles. The number of methoxy groups -OCH3 is 1. The molecule has 0 saturated heterocycles. The summed E-state index contributed by atoms with van der Waals surface area (Å²) in [5.41, 5.74) is 0.533. The van der Waals surface area contributed by atoms with Gasteiger partial charge in [0.25, 0.3) is 0 Å². The van der Waals surface area contributed by atoms with Crippen LogP contribution in [0.5, 0.6) is 0 Å². The predicted octanol–water partition coefficient (Wildman–Crippen LogP) is 2.62. The molecular weight excluding hydrogens is 346 g/mol. The van der Waals surface area contributed by atoms with E-state index in [1.165, 1.54) is 0 Å². The second-order valence-corrected chi connectivity index (χ2v) is 5.68. The van der Waals surface area contributed by atoms with Gasteiger partial charge in [0.15, 0.2) is 5.78 Å². The first kappa shape index (κ1) is 17.6. The zero-order valence-corrected chi connectivity index (χ0v) is 13.8. The third-order valence-electron chi connectivity index (χ3n) is 2.91. The van der Waals surface area contributed by atoms with Crippen molar-refractivity contribution in [2.75, 3.05) is 40.0 Å². The van der Waals surface area contributed by atoms with E-state index < -0.39 is 0 Å². The molecule has 0 amide bonds. The van der Waals surface area contributed by atoms with E-state index in [4.69, 9.17) is 21.4 Å². The van der Waals surface area contributed by atoms with Crippen LogP contribution < -0.4 is 0 Å². The van der Waals surface area contributed by atoms with Gasteiger partial charge in [-0.05, 0) is 18.2 Å². The molecule has 0 unspecified atom stereocenters. The van der Waals surface area contributed by atoms with Gasteiger partial charge in [-0.15, -0.1) is 0 Å². The molecule has 0 aromatic heterocycles. The monoisotopic (exact) mass is 363 g/mol. The molecule has 1 aromatic carbocycles. The number of carbonyl (C=O) groups is 1. The highest BCUT2D eigenvalue weighted by atomic mass is 79.9. The van der Waals surface area contributed by atoms with Crippen molar-refractivity contribution < 1.29 is 14.6 Å². The van der Waals surface area contributed by atoms with Crippen LogP contribution in [0.3, 0.4) is 0 Å². The van der Waals surface area contributed by atoms with E-state index in [2.05, 4.69) is 15.9 Å². The number of nitrogens with zero attached hydrogens (tertiary/aromatic N) is 1. The van der Waals surface area contributed by atoms with Gasteiger partial charge >= 0.3 is 0 Å². The number of carbonyl (C=O) groups excluding carboxylic acids is 1. The number of ketones is 1. The lowest BCUT2D eigenvalue weighted by Gasteiger charge is -2.20. The number of hydrogen-bond acceptors (Lipinski definition) is 4. The summed E-state index contributed by atoms with van der Waals surface area (Å²) < 4.78 is 5.86. The Hall–Kier alpha value is -0.460. The minimum absolute atomic E-state index is 0.00265. The average molecular weight is 365 g/mol. The third-order valence-corrected chi connectivity index (χ3v) is 3.72. The van der Waals surface area contributed by atoms with Crippen LogP contribution in [0, 0.1) is 0 Å². The van der Waals surface area contributed by atoms with Crippen LogP contribution in [-0.2, 0) is 4.74 Å². The van der Waals surface area contributed by atoms with Crippen LogP contribution in [-0.4, -0.2) is 55.7 Å². The predicted molar refractivity (Wildman–Crippen MR) is 83.5 cm³/mol. The van der Waals surface area contributed by atoms with Gasteiger partial charge in [-0.3, -0.25) is 9.69 Å². The molecule has 0 atom stereocenters. The van der Waals surface area contributed by atoms with E-state index in [0.717, 1.165) is 4.47 Å². The summed E-state index contributed by atoms with van der Waals surface area (Å²) in [7, 11) is 1.63. The Morgan fingerprint density at radius 3 is 2.75 bits per heavy atom. The molecule has 0 heterocycles. The van der Waals surface area contributed by atoms with Crippen LogP contribution in [0.15, 0.2) is 22.7 Å². The van der Waals surface area contributed by atoms with Crippen LogP contribution in [0.25, 0.3) is 0 Å². The van der Waals surface area contributed by atoms with Crippen molar-refractivity contribution in [3.8, 4) is 0 Å². The topological polar surface area (TPSA) is 49.8 Å². The Labute approximate surface area is 132 Å². The Morgan fingerprint density at radius 2 is 2.15 bits per heavy atom. The lowest BCUT2D eigenvalue weighted by molar-refractivity contribution is 0.0933. The van der Waals surface area contributed by atoms with Gasteiger partial charge in [0.1, 0.15) is 0 Å². The number of aliphatic hydroxyl groups is 1. The number of ether oxygens (including phenoxy) is 1. The second kappa shape index (κ2) is 9.47. The Kier molecular flexibility index (Phi) is 8.33. The quantitative estimate of drug-likeness (QED) is 0.684. The van der Waals surface area contributed by atoms with E-state index in [1.54, 1.807) is 25.3 Å². The minimum Gasteiger partial charge on any atom is -0.395 e. The van der Waals surface area contributed by atoms with E-state index >= 15 is 0 Å². The largest absolute Gasteiger partial charge is 0.395 e. The van der Waals surface area contributed by atoms with Crippen molar-refractivity contribution >= 4 is 33.3 Å². The molecule has 112 valence electrons. The fourth-order valence-electron chi connectivity index (χ4n) is 1.81. The first-order chi connectivity index (χ1) is 9.58. The van der Waals surface area contributed by atoms with Crippen LogP contribution in [0.1, 0.15) is 16.8 Å². The number of hydrogen-bond donors (Lipinski definition) is 1. The van der Waals surface area contributed by atoms with Crippen LogP contribution >= 0.6 is 27.5 Å². The number of rotatable bonds is 9. The van der Waals surface area contributed by atoms with Gasteiger partial charge in [-0.25, -0.2) is 0 Å². The van der Waals surface area contributed by atoms with Gasteiger partial charge < -0.3 is 9.84 Å². The van der Waals surface area contributed by atoms with E-state index in [9.17, 15) is 4.79 Å². The Balaban J connectivity index is 2.55. The van der Waals surface area contributed by atoms with Gasteiger partial charge in [0.2, 0.25) is 0 Å². The van der Waals surface area contributed by atoms with Gasteiger partial charge in [-0.2, -0.15) is 0 Å². The van der Waals surface area contributed by atoms with Crippen molar-refractivity contribution in [3.63, 3.8) is 0 Å². The van der Waals surface area contributed by atoms with Crippen LogP contribution in [0.2, 0.25) is 5.02 Å². The summed E-state index contributed by atoms with van der Waals surface area (Å²) in [6, 6.07) is 5.24. The standard InChI is InChI=1S/C14H19BrClNO3/c1-20-9-7-17(6-8-18)5-4-14(19)12-3-2-11(15)10-13(12)16/h2-3,10,18H,4-9H2,1H3. The molecule has 4 nitrogen and oxygen atoms in total. The van der Waals surface area contributed by atoms with Gasteiger partial charge in [0.05, 0.1) is 18.2 Å². The summed E-state index contributed by atoms with van der Waals surface area (Å²) in [6.07, 6.45) is 0.366. The summed E-state index contributed by atoms with van der Waals surface area (Å²) in [5.74, 6) is 0.00265. The molecule has 0 aliphatic heterocycles. The molecule has 6 heteroatoms. The second-order valence-electron chi connectivity index (χ2n) is 4.36. The lowest BCUT2D eigenvalue weighted by Crippen LogP contribution is -2.32. The SMILES string of the molecule is COCCN(CCO)CCC(=O)c1ccc(Br)cc1Cl. The molecule has 1 aromatic rings. The number of benzene rings is 1. The summed E-state index contributed by atoms with van der Waals surface area (Å²) in [4.78, 5) is 14.1. The normalized spacial score (nSPS) is 11.1. The van der Waals surface area contributed by atoms with E-state index in [0.29, 0.717) is 43.2 Å². The smallest absolute Gasteiger partial charge is 0.165 e. The van der Waals surface area contributed by atoms with Gasteiger partial charge in [0, 0.05) is 43.2 Å². The molecular formula is C14H19BrClNO3. The number of Topliss-reactive ketones (excluding diaryl/α,β-unsaturated/α-hetero) is 1. The van der Waals surface area contributed by atoms with E-state index in [1.807, 2.05) is 4.90 Å². The zero-order valence-electron chi connectivity index (χ0n) is 11.4. The maximum atomic E-state index is 12.1. The van der Waals surface area contributed by atoms with Gasteiger partial charge in [-0.1, -0.05) is 27.5 Å². The average Bonchev–Trinajstić information content (AvgIpc) is 2.41. The molecule has 0 fully saturated rings. The molecule has 0 spiro atoms. The molecule has 0 radical (unpaired) electrons. The Bertz CT molecular complexity index is 442. The van der Waals surface area contributed by atoms with E-state index in [-0.39, 0.29) is 12.4 Å². The fraction of sp³-hybridized carbons (Fsp3) is 0.500. The molecule has 1 N–H and O–H groups in total. The third kappa shape index (κ3) is 5.89. The van der Waals surface area contributed by atoms with Crippen molar-refractivity contribution in [2.24, 2.45) is 0 Å². The highest BCUT2D eigenvalue weighted by Crippen LogP contribution is 2.22.